The molecule has 8 heteroatoms. The van der Waals surface area contributed by atoms with E-state index in [2.05, 4.69) is 20.4 Å². The molecule has 1 aromatic carbocycles. The minimum atomic E-state index is -0.566. The molecular formula is C17H22FN5O2. The predicted octanol–water partition coefficient (Wildman–Crippen LogP) is 2.05. The van der Waals surface area contributed by atoms with Crippen LogP contribution in [0.5, 0.6) is 0 Å². The van der Waals surface area contributed by atoms with Crippen molar-refractivity contribution < 1.29 is 13.9 Å². The van der Waals surface area contributed by atoms with Crippen molar-refractivity contribution in [3.05, 3.63) is 36.2 Å². The molecule has 0 radical (unpaired) electrons. The molecule has 0 unspecified atom stereocenters. The highest BCUT2D eigenvalue weighted by atomic mass is 19.1. The fourth-order valence-corrected chi connectivity index (χ4v) is 2.28. The molecule has 0 N–H and O–H groups in total. The summed E-state index contributed by atoms with van der Waals surface area (Å²) in [5.41, 5.74) is 1.10. The number of alkyl halides is 1. The van der Waals surface area contributed by atoms with Crippen LogP contribution >= 0.6 is 0 Å². The van der Waals surface area contributed by atoms with Crippen molar-refractivity contribution in [2.75, 3.05) is 19.8 Å². The van der Waals surface area contributed by atoms with Crippen LogP contribution in [0.25, 0.3) is 11.4 Å². The average Bonchev–Trinajstić information content (AvgIpc) is 2.54. The molecule has 2 rings (SSSR count). The maximum absolute atomic E-state index is 12.8. The second-order valence-electron chi connectivity index (χ2n) is 6.56. The molecular weight excluding hydrogens is 325 g/mol. The maximum atomic E-state index is 12.8. The monoisotopic (exact) mass is 347 g/mol. The van der Waals surface area contributed by atoms with Crippen molar-refractivity contribution in [1.82, 2.24) is 25.3 Å². The van der Waals surface area contributed by atoms with Crippen molar-refractivity contribution in [1.29, 1.82) is 0 Å². The minimum absolute atomic E-state index is 0.0242. The molecule has 1 heterocycles. The van der Waals surface area contributed by atoms with Crippen molar-refractivity contribution in [2.45, 2.75) is 32.9 Å². The lowest BCUT2D eigenvalue weighted by Crippen LogP contribution is -2.35. The molecule has 0 fully saturated rings. The Morgan fingerprint density at radius 3 is 2.60 bits per heavy atom. The van der Waals surface area contributed by atoms with Gasteiger partial charge in [0.2, 0.25) is 5.82 Å². The first-order valence-electron chi connectivity index (χ1n) is 7.97. The standard InChI is InChI=1S/C17H22FN5O2/c1-17(2,3)25-15(24)11-23(8-7-18)10-13-5-4-6-14(9-13)16-21-19-12-20-22-16/h4-6,9,12H,7-8,10-11H2,1-3H3. The summed E-state index contributed by atoms with van der Waals surface area (Å²) in [6, 6.07) is 7.46. The van der Waals surface area contributed by atoms with Crippen molar-refractivity contribution in [3.63, 3.8) is 0 Å². The van der Waals surface area contributed by atoms with Crippen LogP contribution in [0.2, 0.25) is 0 Å². The number of halogens is 1. The van der Waals surface area contributed by atoms with E-state index >= 15 is 0 Å². The number of nitrogens with zero attached hydrogens (tertiary/aromatic N) is 5. The molecule has 2 aromatic rings. The van der Waals surface area contributed by atoms with Crippen LogP contribution in [-0.2, 0) is 16.1 Å². The van der Waals surface area contributed by atoms with Gasteiger partial charge >= 0.3 is 5.97 Å². The van der Waals surface area contributed by atoms with Gasteiger partial charge in [0.25, 0.3) is 0 Å². The summed E-state index contributed by atoms with van der Waals surface area (Å²) < 4.78 is 18.2. The van der Waals surface area contributed by atoms with E-state index in [4.69, 9.17) is 4.74 Å². The Kier molecular flexibility index (Phi) is 6.46. The number of aromatic nitrogens is 4. The maximum Gasteiger partial charge on any atom is 0.320 e. The van der Waals surface area contributed by atoms with Crippen LogP contribution in [0.3, 0.4) is 0 Å². The van der Waals surface area contributed by atoms with Crippen LogP contribution < -0.4 is 0 Å². The number of carbonyl (C=O) groups excluding carboxylic acids is 1. The third-order valence-corrected chi connectivity index (χ3v) is 3.17. The zero-order chi connectivity index (χ0) is 18.3. The Hall–Kier alpha value is -2.48. The molecule has 25 heavy (non-hydrogen) atoms. The van der Waals surface area contributed by atoms with E-state index in [0.717, 1.165) is 11.1 Å². The molecule has 0 amide bonds. The highest BCUT2D eigenvalue weighted by molar-refractivity contribution is 5.72. The van der Waals surface area contributed by atoms with E-state index in [9.17, 15) is 9.18 Å². The third kappa shape index (κ3) is 6.50. The second-order valence-corrected chi connectivity index (χ2v) is 6.56. The number of carbonyl (C=O) groups is 1. The summed E-state index contributed by atoms with van der Waals surface area (Å²) in [4.78, 5) is 13.7. The minimum Gasteiger partial charge on any atom is -0.459 e. The van der Waals surface area contributed by atoms with Gasteiger partial charge in [0, 0.05) is 18.7 Å². The zero-order valence-electron chi connectivity index (χ0n) is 14.6. The summed E-state index contributed by atoms with van der Waals surface area (Å²) >= 11 is 0. The molecule has 7 nitrogen and oxygen atoms in total. The van der Waals surface area contributed by atoms with Gasteiger partial charge in [0.1, 0.15) is 12.3 Å². The largest absolute Gasteiger partial charge is 0.459 e. The van der Waals surface area contributed by atoms with Gasteiger partial charge in [0.05, 0.1) is 6.54 Å². The van der Waals surface area contributed by atoms with Crippen LogP contribution in [0.1, 0.15) is 26.3 Å². The normalized spacial score (nSPS) is 11.6. The lowest BCUT2D eigenvalue weighted by Gasteiger charge is -2.24. The van der Waals surface area contributed by atoms with Crippen LogP contribution in [0, 0.1) is 0 Å². The first-order chi connectivity index (χ1) is 11.9. The van der Waals surface area contributed by atoms with E-state index in [1.54, 1.807) is 25.7 Å². The van der Waals surface area contributed by atoms with Crippen LogP contribution in [-0.4, -0.2) is 56.6 Å². The Morgan fingerprint density at radius 1 is 1.24 bits per heavy atom. The number of esters is 1. The lowest BCUT2D eigenvalue weighted by molar-refractivity contribution is -0.156. The number of benzene rings is 1. The Bertz CT molecular complexity index is 691. The molecule has 134 valence electrons. The van der Waals surface area contributed by atoms with E-state index in [1.165, 1.54) is 6.33 Å². The van der Waals surface area contributed by atoms with Gasteiger partial charge in [-0.15, -0.1) is 20.4 Å². The fourth-order valence-electron chi connectivity index (χ4n) is 2.28. The molecule has 0 aliphatic heterocycles. The smallest absolute Gasteiger partial charge is 0.320 e. The van der Waals surface area contributed by atoms with Crippen LogP contribution in [0.15, 0.2) is 30.6 Å². The highest BCUT2D eigenvalue weighted by Gasteiger charge is 2.19. The van der Waals surface area contributed by atoms with Gasteiger partial charge in [-0.25, -0.2) is 4.39 Å². The van der Waals surface area contributed by atoms with Gasteiger partial charge in [-0.1, -0.05) is 18.2 Å². The molecule has 1 aromatic heterocycles. The zero-order valence-corrected chi connectivity index (χ0v) is 14.6. The molecule has 0 aliphatic carbocycles. The van der Waals surface area contributed by atoms with Gasteiger partial charge in [-0.2, -0.15) is 0 Å². The molecule has 0 aliphatic rings. The first-order valence-corrected chi connectivity index (χ1v) is 7.97. The summed E-state index contributed by atoms with van der Waals surface area (Å²) in [5.74, 6) is 0.0328. The second kappa shape index (κ2) is 8.57. The summed E-state index contributed by atoms with van der Waals surface area (Å²) in [6.07, 6.45) is 1.26. The number of ether oxygens (including phenoxy) is 1. The van der Waals surface area contributed by atoms with Gasteiger partial charge < -0.3 is 4.74 Å². The molecule has 0 bridgehead atoms. The Labute approximate surface area is 146 Å². The fraction of sp³-hybridized carbons (Fsp3) is 0.471. The van der Waals surface area contributed by atoms with Gasteiger partial charge in [-0.05, 0) is 32.4 Å². The quantitative estimate of drug-likeness (QED) is 0.709. The van der Waals surface area contributed by atoms with E-state index in [-0.39, 0.29) is 19.1 Å². The first kappa shape index (κ1) is 18.9. The summed E-state index contributed by atoms with van der Waals surface area (Å²) in [7, 11) is 0. The average molecular weight is 347 g/mol. The topological polar surface area (TPSA) is 81.1 Å². The third-order valence-electron chi connectivity index (χ3n) is 3.17. The number of hydrogen-bond acceptors (Lipinski definition) is 7. The van der Waals surface area contributed by atoms with E-state index in [1.807, 2.05) is 24.3 Å². The van der Waals surface area contributed by atoms with E-state index in [0.29, 0.717) is 12.4 Å². The lowest BCUT2D eigenvalue weighted by atomic mass is 10.1. The van der Waals surface area contributed by atoms with Gasteiger partial charge in [0.15, 0.2) is 6.33 Å². The van der Waals surface area contributed by atoms with Gasteiger partial charge in [-0.3, -0.25) is 9.69 Å². The summed E-state index contributed by atoms with van der Waals surface area (Å²) in [6.45, 7) is 5.44. The molecule has 0 saturated heterocycles. The molecule has 0 saturated carbocycles. The molecule has 0 spiro atoms. The van der Waals surface area contributed by atoms with E-state index < -0.39 is 12.3 Å². The Morgan fingerprint density at radius 2 is 1.96 bits per heavy atom. The Balaban J connectivity index is 2.08. The number of hydrogen-bond donors (Lipinski definition) is 0. The van der Waals surface area contributed by atoms with Crippen LogP contribution in [0.4, 0.5) is 4.39 Å². The molecule has 0 atom stereocenters. The SMILES string of the molecule is CC(C)(C)OC(=O)CN(CCF)Cc1cccc(-c2nncnn2)c1. The summed E-state index contributed by atoms with van der Waals surface area (Å²) in [5, 5.41) is 15.3. The predicted molar refractivity (Wildman–Crippen MR) is 90.2 cm³/mol. The van der Waals surface area contributed by atoms with Crippen molar-refractivity contribution >= 4 is 5.97 Å². The highest BCUT2D eigenvalue weighted by Crippen LogP contribution is 2.16. The number of rotatable bonds is 7. The van der Waals surface area contributed by atoms with Crippen molar-refractivity contribution in [3.8, 4) is 11.4 Å². The van der Waals surface area contributed by atoms with Crippen molar-refractivity contribution in [2.24, 2.45) is 0 Å².